The van der Waals surface area contributed by atoms with Crippen molar-refractivity contribution in [2.45, 2.75) is 12.5 Å². The van der Waals surface area contributed by atoms with Crippen LogP contribution in [0.15, 0.2) is 71.3 Å². The van der Waals surface area contributed by atoms with Gasteiger partial charge in [0, 0.05) is 17.1 Å². The van der Waals surface area contributed by atoms with Gasteiger partial charge in [0.05, 0.1) is 11.4 Å². The summed E-state index contributed by atoms with van der Waals surface area (Å²) >= 11 is 3.50. The van der Waals surface area contributed by atoms with Crippen LogP contribution >= 0.6 is 15.9 Å². The van der Waals surface area contributed by atoms with Crippen molar-refractivity contribution in [2.75, 3.05) is 0 Å². The van der Waals surface area contributed by atoms with Crippen LogP contribution in [0.4, 0.5) is 0 Å². The Hall–Kier alpha value is -1.91. The summed E-state index contributed by atoms with van der Waals surface area (Å²) in [6.07, 6.45) is 1.79. The normalized spacial score (nSPS) is 12.3. The highest BCUT2D eigenvalue weighted by Crippen LogP contribution is 2.23. The van der Waals surface area contributed by atoms with Crippen LogP contribution in [0.1, 0.15) is 17.4 Å². The van der Waals surface area contributed by atoms with Crippen molar-refractivity contribution in [2.24, 2.45) is 0 Å². The molecule has 4 heteroatoms. The van der Waals surface area contributed by atoms with E-state index in [9.17, 15) is 5.11 Å². The van der Waals surface area contributed by atoms with E-state index in [-0.39, 0.29) is 0 Å². The number of hydrogen-bond acceptors (Lipinski definition) is 2. The molecule has 0 fully saturated rings. The Bertz CT molecular complexity index is 724. The summed E-state index contributed by atoms with van der Waals surface area (Å²) in [5.41, 5.74) is 2.73. The maximum atomic E-state index is 10.4. The quantitative estimate of drug-likeness (QED) is 0.780. The molecule has 1 aromatic heterocycles. The predicted molar refractivity (Wildman–Crippen MR) is 86.4 cm³/mol. The van der Waals surface area contributed by atoms with Crippen LogP contribution < -0.4 is 0 Å². The Kier molecular flexibility index (Phi) is 4.18. The first-order valence-corrected chi connectivity index (χ1v) is 7.56. The van der Waals surface area contributed by atoms with Gasteiger partial charge in [0.2, 0.25) is 0 Å². The molecule has 106 valence electrons. The molecule has 0 radical (unpaired) electrons. The lowest BCUT2D eigenvalue weighted by molar-refractivity contribution is 0.173. The molecule has 1 N–H and O–H groups in total. The van der Waals surface area contributed by atoms with Crippen LogP contribution in [-0.2, 0) is 6.42 Å². The average molecular weight is 343 g/mol. The van der Waals surface area contributed by atoms with Gasteiger partial charge in [-0.25, -0.2) is 4.68 Å². The number of aliphatic hydroxyl groups excluding tert-OH is 1. The summed E-state index contributed by atoms with van der Waals surface area (Å²) in [6, 6.07) is 19.6. The molecule has 1 atom stereocenters. The van der Waals surface area contributed by atoms with Gasteiger partial charge in [-0.2, -0.15) is 5.10 Å². The molecule has 0 saturated carbocycles. The summed E-state index contributed by atoms with van der Waals surface area (Å²) in [7, 11) is 0. The largest absolute Gasteiger partial charge is 0.386 e. The van der Waals surface area contributed by atoms with Crippen molar-refractivity contribution in [1.82, 2.24) is 9.78 Å². The van der Waals surface area contributed by atoms with Crippen molar-refractivity contribution in [1.29, 1.82) is 0 Å². The molecule has 3 rings (SSSR count). The molecule has 0 aliphatic rings. The van der Waals surface area contributed by atoms with Gasteiger partial charge in [0.15, 0.2) is 0 Å². The lowest BCUT2D eigenvalue weighted by Gasteiger charge is -2.09. The fourth-order valence-corrected chi connectivity index (χ4v) is 2.66. The fraction of sp³-hybridized carbons (Fsp3) is 0.118. The van der Waals surface area contributed by atoms with Crippen molar-refractivity contribution >= 4 is 15.9 Å². The zero-order chi connectivity index (χ0) is 14.7. The van der Waals surface area contributed by atoms with Crippen LogP contribution in [0.3, 0.4) is 0 Å². The second-order valence-corrected chi connectivity index (χ2v) is 5.69. The molecular weight excluding hydrogens is 328 g/mol. The average Bonchev–Trinajstić information content (AvgIpc) is 3.00. The van der Waals surface area contributed by atoms with Gasteiger partial charge in [-0.1, -0.05) is 52.3 Å². The summed E-state index contributed by atoms with van der Waals surface area (Å²) in [5.74, 6) is 0. The minimum absolute atomic E-state index is 0.535. The van der Waals surface area contributed by atoms with Crippen LogP contribution in [0.5, 0.6) is 0 Å². The third kappa shape index (κ3) is 3.23. The second-order valence-electron chi connectivity index (χ2n) is 4.83. The number of halogens is 1. The molecule has 1 heterocycles. The third-order valence-electron chi connectivity index (χ3n) is 3.34. The van der Waals surface area contributed by atoms with E-state index >= 15 is 0 Å². The van der Waals surface area contributed by atoms with E-state index in [0.29, 0.717) is 12.1 Å². The van der Waals surface area contributed by atoms with E-state index in [2.05, 4.69) is 21.0 Å². The number of benzene rings is 2. The highest BCUT2D eigenvalue weighted by molar-refractivity contribution is 9.10. The first kappa shape index (κ1) is 14.0. The Morgan fingerprint density at radius 3 is 2.48 bits per heavy atom. The number of aromatic nitrogens is 2. The van der Waals surface area contributed by atoms with E-state index in [1.165, 1.54) is 0 Å². The first-order valence-electron chi connectivity index (χ1n) is 6.76. The van der Waals surface area contributed by atoms with E-state index < -0.39 is 6.10 Å². The Labute approximate surface area is 132 Å². The summed E-state index contributed by atoms with van der Waals surface area (Å²) in [5, 5.41) is 14.8. The van der Waals surface area contributed by atoms with Gasteiger partial charge in [-0.15, -0.1) is 0 Å². The third-order valence-corrected chi connectivity index (χ3v) is 4.12. The molecule has 0 spiro atoms. The molecule has 3 aromatic rings. The van der Waals surface area contributed by atoms with Gasteiger partial charge < -0.3 is 5.11 Å². The van der Waals surface area contributed by atoms with Gasteiger partial charge in [-0.05, 0) is 29.8 Å². The molecule has 0 amide bonds. The van der Waals surface area contributed by atoms with E-state index in [4.69, 9.17) is 0 Å². The molecule has 0 aliphatic carbocycles. The smallest absolute Gasteiger partial charge is 0.102 e. The highest BCUT2D eigenvalue weighted by Gasteiger charge is 2.13. The van der Waals surface area contributed by atoms with E-state index in [1.807, 2.05) is 66.9 Å². The molecule has 0 aliphatic heterocycles. The fourth-order valence-electron chi connectivity index (χ4n) is 2.22. The topological polar surface area (TPSA) is 38.0 Å². The first-order chi connectivity index (χ1) is 10.2. The van der Waals surface area contributed by atoms with Crippen molar-refractivity contribution in [3.05, 3.63) is 82.6 Å². The van der Waals surface area contributed by atoms with Crippen LogP contribution in [0.2, 0.25) is 0 Å². The number of nitrogens with zero attached hydrogens (tertiary/aromatic N) is 2. The van der Waals surface area contributed by atoms with E-state index in [0.717, 1.165) is 15.7 Å². The van der Waals surface area contributed by atoms with Crippen molar-refractivity contribution < 1.29 is 5.11 Å². The Morgan fingerprint density at radius 2 is 1.71 bits per heavy atom. The summed E-state index contributed by atoms with van der Waals surface area (Å²) in [6.45, 7) is 0. The second kappa shape index (κ2) is 6.24. The summed E-state index contributed by atoms with van der Waals surface area (Å²) in [4.78, 5) is 0. The summed E-state index contributed by atoms with van der Waals surface area (Å²) < 4.78 is 2.78. The van der Waals surface area contributed by atoms with Gasteiger partial charge in [0.1, 0.15) is 6.10 Å². The highest BCUT2D eigenvalue weighted by atomic mass is 79.9. The maximum absolute atomic E-state index is 10.4. The van der Waals surface area contributed by atoms with Crippen LogP contribution in [-0.4, -0.2) is 14.9 Å². The molecule has 0 saturated heterocycles. The number of hydrogen-bond donors (Lipinski definition) is 1. The zero-order valence-electron chi connectivity index (χ0n) is 11.4. The molecule has 21 heavy (non-hydrogen) atoms. The molecule has 0 bridgehead atoms. The Balaban J connectivity index is 1.79. The monoisotopic (exact) mass is 342 g/mol. The SMILES string of the molecule is OC(Cc1ccccc1Br)c1ccn(-c2ccccc2)n1. The number of rotatable bonds is 4. The van der Waals surface area contributed by atoms with Gasteiger partial charge in [0.25, 0.3) is 0 Å². The van der Waals surface area contributed by atoms with Crippen molar-refractivity contribution in [3.63, 3.8) is 0 Å². The molecule has 3 nitrogen and oxygen atoms in total. The molecule has 1 unspecified atom stereocenters. The number of aliphatic hydroxyl groups is 1. The van der Waals surface area contributed by atoms with Gasteiger partial charge >= 0.3 is 0 Å². The van der Waals surface area contributed by atoms with Crippen molar-refractivity contribution in [3.8, 4) is 5.69 Å². The lowest BCUT2D eigenvalue weighted by Crippen LogP contribution is -2.04. The standard InChI is InChI=1S/C17H15BrN2O/c18-15-9-5-4-6-13(15)12-17(21)16-10-11-20(19-16)14-7-2-1-3-8-14/h1-11,17,21H,12H2. The zero-order valence-corrected chi connectivity index (χ0v) is 12.9. The predicted octanol–water partition coefficient (Wildman–Crippen LogP) is 3.91. The minimum Gasteiger partial charge on any atom is -0.386 e. The van der Waals surface area contributed by atoms with E-state index in [1.54, 1.807) is 4.68 Å². The molecule has 2 aromatic carbocycles. The lowest BCUT2D eigenvalue weighted by atomic mass is 10.1. The molecular formula is C17H15BrN2O. The Morgan fingerprint density at radius 1 is 1.00 bits per heavy atom. The maximum Gasteiger partial charge on any atom is 0.102 e. The minimum atomic E-state index is -0.617. The van der Waals surface area contributed by atoms with Gasteiger partial charge in [-0.3, -0.25) is 0 Å². The van der Waals surface area contributed by atoms with Crippen LogP contribution in [0.25, 0.3) is 5.69 Å². The van der Waals surface area contributed by atoms with Crippen LogP contribution in [0, 0.1) is 0 Å². The number of para-hydroxylation sites is 1.